The predicted molar refractivity (Wildman–Crippen MR) is 133 cm³/mol. The van der Waals surface area contributed by atoms with Crippen molar-refractivity contribution in [2.24, 2.45) is 5.92 Å². The van der Waals surface area contributed by atoms with Crippen LogP contribution in [0, 0.1) is 5.92 Å². The molecule has 3 aromatic rings. The van der Waals surface area contributed by atoms with Gasteiger partial charge in [-0.3, -0.25) is 9.59 Å². The van der Waals surface area contributed by atoms with Crippen LogP contribution in [0.4, 0.5) is 13.2 Å². The largest absolute Gasteiger partial charge is 0.497 e. The molecular weight excluding hydrogens is 486 g/mol. The molecule has 0 saturated carbocycles. The van der Waals surface area contributed by atoms with Gasteiger partial charge in [-0.15, -0.1) is 0 Å². The van der Waals surface area contributed by atoms with E-state index in [1.54, 1.807) is 48.5 Å². The number of halogens is 3. The number of hydrogen-bond acceptors (Lipinski definition) is 5. The first-order valence-electron chi connectivity index (χ1n) is 11.6. The van der Waals surface area contributed by atoms with Crippen molar-refractivity contribution in [3.63, 3.8) is 0 Å². The minimum atomic E-state index is -4.56. The first-order chi connectivity index (χ1) is 17.6. The fourth-order valence-electron chi connectivity index (χ4n) is 3.93. The number of carbonyl (C=O) groups is 2. The first kappa shape index (κ1) is 28.0. The van der Waals surface area contributed by atoms with E-state index < -0.39 is 36.6 Å². The molecule has 0 unspecified atom stereocenters. The molecule has 0 heterocycles. The molecule has 3 N–H and O–H groups in total. The highest BCUT2D eigenvalue weighted by molar-refractivity contribution is 6.43. The molecule has 0 aliphatic heterocycles. The number of rotatable bonds is 11. The number of carbonyl (C=O) groups excluding carboxylic acids is 2. The maximum Gasteiger partial charge on any atom is 0.475 e. The number of hydrogen-bond donors (Lipinski definition) is 3. The van der Waals surface area contributed by atoms with E-state index in [-0.39, 0.29) is 30.6 Å². The maximum atomic E-state index is 13.3. The fraction of sp³-hybridized carbons (Fsp3) is 0.259. The lowest BCUT2D eigenvalue weighted by molar-refractivity contribution is -0.137. The Kier molecular flexibility index (Phi) is 9.49. The van der Waals surface area contributed by atoms with Crippen LogP contribution >= 0.6 is 0 Å². The van der Waals surface area contributed by atoms with Crippen LogP contribution in [0.1, 0.15) is 33.5 Å². The molecule has 0 radical (unpaired) electrons. The van der Waals surface area contributed by atoms with Crippen molar-refractivity contribution in [3.8, 4) is 5.75 Å². The van der Waals surface area contributed by atoms with Gasteiger partial charge in [-0.1, -0.05) is 48.5 Å². The van der Waals surface area contributed by atoms with Gasteiger partial charge in [-0.2, -0.15) is 13.2 Å². The average Bonchev–Trinajstić information content (AvgIpc) is 2.88. The number of methoxy groups -OCH3 is 1. The Labute approximate surface area is 213 Å². The fourth-order valence-corrected chi connectivity index (χ4v) is 3.93. The molecule has 0 fully saturated rings. The number of Topliss-reactive ketones (excluding diaryl/α,β-unsaturated/α-hetero) is 1. The maximum absolute atomic E-state index is 13.3. The third-order valence-electron chi connectivity index (χ3n) is 5.94. The molecule has 2 atom stereocenters. The zero-order chi connectivity index (χ0) is 27.0. The minimum Gasteiger partial charge on any atom is -0.497 e. The summed E-state index contributed by atoms with van der Waals surface area (Å²) in [4.78, 5) is 26.2. The van der Waals surface area contributed by atoms with E-state index in [0.29, 0.717) is 11.3 Å². The number of benzene rings is 3. The van der Waals surface area contributed by atoms with Crippen LogP contribution in [0.25, 0.3) is 0 Å². The van der Waals surface area contributed by atoms with Gasteiger partial charge in [-0.05, 0) is 54.3 Å². The molecule has 0 spiro atoms. The van der Waals surface area contributed by atoms with Crippen molar-refractivity contribution in [2.45, 2.75) is 31.4 Å². The Morgan fingerprint density at radius 3 is 2.16 bits per heavy atom. The molecule has 0 aliphatic rings. The number of alkyl halides is 3. The van der Waals surface area contributed by atoms with Gasteiger partial charge in [0, 0.05) is 17.9 Å². The summed E-state index contributed by atoms with van der Waals surface area (Å²) in [6, 6.07) is 19.9. The summed E-state index contributed by atoms with van der Waals surface area (Å²) in [5, 5.41) is 22.3. The standard InChI is InChI=1S/C27H27BF3NO5/c1-37-23-12-10-20(11-13-23)24(33)17-21(14-18-6-3-2-4-7-18)26(34)32-25(28(35)36)16-19-8-5-9-22(15-19)27(29,30)31/h2-13,15,21,25,35-36H,14,16-17H2,1H3,(H,32,34)/t21-,25+/m1/s1. The smallest absolute Gasteiger partial charge is 0.475 e. The quantitative estimate of drug-likeness (QED) is 0.267. The average molecular weight is 513 g/mol. The van der Waals surface area contributed by atoms with Crippen LogP contribution in [0.2, 0.25) is 0 Å². The van der Waals surface area contributed by atoms with Crippen molar-refractivity contribution in [1.29, 1.82) is 0 Å². The van der Waals surface area contributed by atoms with Crippen LogP contribution in [-0.2, 0) is 23.8 Å². The Morgan fingerprint density at radius 1 is 0.919 bits per heavy atom. The first-order valence-corrected chi connectivity index (χ1v) is 11.6. The van der Waals surface area contributed by atoms with Crippen LogP contribution in [0.5, 0.6) is 5.75 Å². The van der Waals surface area contributed by atoms with Gasteiger partial charge in [0.2, 0.25) is 5.91 Å². The Bertz CT molecular complexity index is 1190. The molecule has 37 heavy (non-hydrogen) atoms. The second-order valence-electron chi connectivity index (χ2n) is 8.67. The van der Waals surface area contributed by atoms with E-state index in [0.717, 1.165) is 17.7 Å². The van der Waals surface area contributed by atoms with Gasteiger partial charge >= 0.3 is 13.3 Å². The zero-order valence-electron chi connectivity index (χ0n) is 20.1. The van der Waals surface area contributed by atoms with Crippen molar-refractivity contribution in [1.82, 2.24) is 5.32 Å². The molecule has 1 amide bonds. The van der Waals surface area contributed by atoms with Crippen LogP contribution < -0.4 is 10.1 Å². The van der Waals surface area contributed by atoms with Crippen molar-refractivity contribution < 1.29 is 37.5 Å². The summed E-state index contributed by atoms with van der Waals surface area (Å²) >= 11 is 0. The molecule has 10 heteroatoms. The molecule has 0 aromatic heterocycles. The number of ether oxygens (including phenoxy) is 1. The molecular formula is C27H27BF3NO5. The molecule has 194 valence electrons. The van der Waals surface area contributed by atoms with Gasteiger partial charge in [0.15, 0.2) is 5.78 Å². The minimum absolute atomic E-state index is 0.162. The van der Waals surface area contributed by atoms with Crippen molar-refractivity contribution >= 4 is 18.8 Å². The lowest BCUT2D eigenvalue weighted by atomic mass is 9.75. The molecule has 3 rings (SSSR count). The Balaban J connectivity index is 1.79. The van der Waals surface area contributed by atoms with Gasteiger partial charge in [0.05, 0.1) is 18.6 Å². The highest BCUT2D eigenvalue weighted by Gasteiger charge is 2.33. The van der Waals surface area contributed by atoms with Gasteiger partial charge in [0.25, 0.3) is 0 Å². The monoisotopic (exact) mass is 513 g/mol. The van der Waals surface area contributed by atoms with Gasteiger partial charge < -0.3 is 20.1 Å². The normalized spacial score (nSPS) is 12.9. The van der Waals surface area contributed by atoms with E-state index in [9.17, 15) is 32.8 Å². The van der Waals surface area contributed by atoms with Crippen LogP contribution in [0.3, 0.4) is 0 Å². The summed E-state index contributed by atoms with van der Waals surface area (Å²) in [6.07, 6.45) is -4.77. The molecule has 0 bridgehead atoms. The third kappa shape index (κ3) is 8.19. The molecule has 3 aromatic carbocycles. The van der Waals surface area contributed by atoms with Crippen molar-refractivity contribution in [3.05, 3.63) is 101 Å². The lowest BCUT2D eigenvalue weighted by Crippen LogP contribution is -2.50. The summed E-state index contributed by atoms with van der Waals surface area (Å²) in [7, 11) is -0.532. The summed E-state index contributed by atoms with van der Waals surface area (Å²) in [6.45, 7) is 0. The summed E-state index contributed by atoms with van der Waals surface area (Å²) < 4.78 is 44.4. The Hall–Kier alpha value is -3.63. The van der Waals surface area contributed by atoms with E-state index in [2.05, 4.69) is 5.32 Å². The van der Waals surface area contributed by atoms with Crippen molar-refractivity contribution in [2.75, 3.05) is 7.11 Å². The van der Waals surface area contributed by atoms with Gasteiger partial charge in [0.1, 0.15) is 5.75 Å². The predicted octanol–water partition coefficient (Wildman–Crippen LogP) is 3.89. The second kappa shape index (κ2) is 12.6. The molecule has 0 saturated heterocycles. The number of ketones is 1. The van der Waals surface area contributed by atoms with E-state index >= 15 is 0 Å². The number of nitrogens with one attached hydrogen (secondary N) is 1. The van der Waals surface area contributed by atoms with Crippen LogP contribution in [-0.4, -0.2) is 41.9 Å². The van der Waals surface area contributed by atoms with E-state index in [1.807, 2.05) is 6.07 Å². The highest BCUT2D eigenvalue weighted by Crippen LogP contribution is 2.30. The summed E-state index contributed by atoms with van der Waals surface area (Å²) in [5.41, 5.74) is 0.468. The highest BCUT2D eigenvalue weighted by atomic mass is 19.4. The SMILES string of the molecule is COc1ccc(C(=O)C[C@@H](Cc2ccccc2)C(=O)N[C@@H](Cc2cccc(C(F)(F)F)c2)B(O)O)cc1. The molecule has 6 nitrogen and oxygen atoms in total. The lowest BCUT2D eigenvalue weighted by Gasteiger charge is -2.23. The summed E-state index contributed by atoms with van der Waals surface area (Å²) in [5.74, 6) is -2.48. The second-order valence-corrected chi connectivity index (χ2v) is 8.67. The molecule has 0 aliphatic carbocycles. The van der Waals surface area contributed by atoms with E-state index in [1.165, 1.54) is 19.2 Å². The Morgan fingerprint density at radius 2 is 1.57 bits per heavy atom. The third-order valence-corrected chi connectivity index (χ3v) is 5.94. The zero-order valence-corrected chi connectivity index (χ0v) is 20.1. The van der Waals surface area contributed by atoms with Crippen LogP contribution in [0.15, 0.2) is 78.9 Å². The van der Waals surface area contributed by atoms with E-state index in [4.69, 9.17) is 4.74 Å². The number of amides is 1. The topological polar surface area (TPSA) is 95.9 Å². The van der Waals surface area contributed by atoms with Gasteiger partial charge in [-0.25, -0.2) is 0 Å².